The third-order valence-electron chi connectivity index (χ3n) is 5.88. The van der Waals surface area contributed by atoms with Gasteiger partial charge in [0.2, 0.25) is 7.42 Å². The number of halogens is 2. The standard InChI is InChI=1S/C24H51Cl2NSi/c25-28(26)24-22-20-18-16-14-12-10-8-6-4-2-1-3-5-7-9-11-13-15-17-19-21-23-27/h28H,1-24,27H2. The third-order valence-corrected chi connectivity index (χ3v) is 8.03. The van der Waals surface area contributed by atoms with E-state index < -0.39 is 7.42 Å². The summed E-state index contributed by atoms with van der Waals surface area (Å²) in [5.41, 5.74) is 5.52. The topological polar surface area (TPSA) is 26.0 Å². The van der Waals surface area contributed by atoms with Crippen molar-refractivity contribution in [3.63, 3.8) is 0 Å². The summed E-state index contributed by atoms with van der Waals surface area (Å²) in [5, 5.41) is 0. The summed E-state index contributed by atoms with van der Waals surface area (Å²) in [6.07, 6.45) is 31.1. The van der Waals surface area contributed by atoms with Crippen LogP contribution in [0.2, 0.25) is 6.04 Å². The molecule has 0 aromatic carbocycles. The molecule has 0 bridgehead atoms. The Labute approximate surface area is 188 Å². The average Bonchev–Trinajstić information content (AvgIpc) is 2.68. The number of rotatable bonds is 24. The van der Waals surface area contributed by atoms with E-state index in [2.05, 4.69) is 0 Å². The molecule has 0 fully saturated rings. The maximum Gasteiger partial charge on any atom is 0.237 e. The van der Waals surface area contributed by atoms with Gasteiger partial charge in [0.15, 0.2) is 0 Å². The van der Waals surface area contributed by atoms with Crippen LogP contribution in [-0.4, -0.2) is 14.0 Å². The summed E-state index contributed by atoms with van der Waals surface area (Å²) < 4.78 is 0. The lowest BCUT2D eigenvalue weighted by atomic mass is 10.0. The van der Waals surface area contributed by atoms with Gasteiger partial charge in [-0.2, -0.15) is 22.2 Å². The molecule has 170 valence electrons. The molecule has 0 atom stereocenters. The fourth-order valence-corrected chi connectivity index (χ4v) is 5.50. The molecular weight excluding hydrogens is 401 g/mol. The average molecular weight is 453 g/mol. The number of hydrogen-bond donors (Lipinski definition) is 1. The molecule has 0 amide bonds. The summed E-state index contributed by atoms with van der Waals surface area (Å²) in [7, 11) is -1.33. The molecule has 0 spiro atoms. The van der Waals surface area contributed by atoms with E-state index >= 15 is 0 Å². The molecule has 0 aromatic heterocycles. The molecule has 0 aliphatic carbocycles. The van der Waals surface area contributed by atoms with Gasteiger partial charge in [-0.1, -0.05) is 135 Å². The Bertz CT molecular complexity index is 277. The van der Waals surface area contributed by atoms with Gasteiger partial charge in [0.1, 0.15) is 0 Å². The van der Waals surface area contributed by atoms with Gasteiger partial charge in [-0.05, 0) is 19.0 Å². The van der Waals surface area contributed by atoms with Gasteiger partial charge in [-0.25, -0.2) is 0 Å². The van der Waals surface area contributed by atoms with Gasteiger partial charge in [-0.15, -0.1) is 0 Å². The normalized spacial score (nSPS) is 11.6. The van der Waals surface area contributed by atoms with Gasteiger partial charge in [0, 0.05) is 0 Å². The first kappa shape index (κ1) is 28.8. The molecule has 0 rings (SSSR count). The number of unbranched alkanes of at least 4 members (excludes halogenated alkanes) is 21. The fourth-order valence-electron chi connectivity index (χ4n) is 3.98. The van der Waals surface area contributed by atoms with Gasteiger partial charge in [0.05, 0.1) is 0 Å². The van der Waals surface area contributed by atoms with Gasteiger partial charge in [0.25, 0.3) is 0 Å². The summed E-state index contributed by atoms with van der Waals surface area (Å²) in [5.74, 6) is 0. The van der Waals surface area contributed by atoms with Crippen molar-refractivity contribution < 1.29 is 0 Å². The Hall–Kier alpha value is 0.757. The van der Waals surface area contributed by atoms with Crippen molar-refractivity contribution in [1.82, 2.24) is 0 Å². The zero-order valence-electron chi connectivity index (χ0n) is 18.9. The third kappa shape index (κ3) is 26.8. The van der Waals surface area contributed by atoms with Crippen LogP contribution < -0.4 is 5.73 Å². The smallest absolute Gasteiger partial charge is 0.237 e. The largest absolute Gasteiger partial charge is 0.330 e. The van der Waals surface area contributed by atoms with E-state index in [1.807, 2.05) is 0 Å². The summed E-state index contributed by atoms with van der Waals surface area (Å²) >= 11 is 11.8. The van der Waals surface area contributed by atoms with Crippen LogP contribution in [0.1, 0.15) is 141 Å². The van der Waals surface area contributed by atoms with E-state index in [0.29, 0.717) is 0 Å². The van der Waals surface area contributed by atoms with E-state index in [9.17, 15) is 0 Å². The van der Waals surface area contributed by atoms with Crippen molar-refractivity contribution in [2.45, 2.75) is 147 Å². The Kier molecular flexibility index (Phi) is 26.5. The molecule has 0 radical (unpaired) electrons. The zero-order valence-corrected chi connectivity index (χ0v) is 21.5. The van der Waals surface area contributed by atoms with E-state index in [-0.39, 0.29) is 0 Å². The minimum Gasteiger partial charge on any atom is -0.330 e. The predicted octanol–water partition coefficient (Wildman–Crippen LogP) is 9.23. The fraction of sp³-hybridized carbons (Fsp3) is 1.00. The van der Waals surface area contributed by atoms with Gasteiger partial charge >= 0.3 is 0 Å². The van der Waals surface area contributed by atoms with E-state index in [4.69, 9.17) is 27.9 Å². The van der Waals surface area contributed by atoms with Crippen LogP contribution in [-0.2, 0) is 0 Å². The van der Waals surface area contributed by atoms with Crippen LogP contribution in [0.4, 0.5) is 0 Å². The molecule has 0 saturated carbocycles. The minimum absolute atomic E-state index is 0.868. The van der Waals surface area contributed by atoms with Crippen molar-refractivity contribution in [2.75, 3.05) is 6.54 Å². The lowest BCUT2D eigenvalue weighted by molar-refractivity contribution is 0.519. The van der Waals surface area contributed by atoms with Crippen LogP contribution in [0.3, 0.4) is 0 Å². The molecule has 4 heteroatoms. The van der Waals surface area contributed by atoms with E-state index in [0.717, 1.165) is 12.6 Å². The highest BCUT2D eigenvalue weighted by atomic mass is 35.7. The lowest BCUT2D eigenvalue weighted by Gasteiger charge is -2.04. The summed E-state index contributed by atoms with van der Waals surface area (Å²) in [6.45, 7) is 0.868. The highest BCUT2D eigenvalue weighted by molar-refractivity contribution is 7.33. The highest BCUT2D eigenvalue weighted by Gasteiger charge is 2.00. The maximum absolute atomic E-state index is 5.88. The van der Waals surface area contributed by atoms with Crippen LogP contribution >= 0.6 is 22.2 Å². The lowest BCUT2D eigenvalue weighted by Crippen LogP contribution is -1.97. The Balaban J connectivity index is 2.98. The molecule has 28 heavy (non-hydrogen) atoms. The second-order valence-electron chi connectivity index (χ2n) is 8.75. The Morgan fingerprint density at radius 1 is 0.357 bits per heavy atom. The van der Waals surface area contributed by atoms with E-state index in [1.54, 1.807) is 0 Å². The van der Waals surface area contributed by atoms with Gasteiger partial charge in [-0.3, -0.25) is 0 Å². The number of hydrogen-bond acceptors (Lipinski definition) is 1. The van der Waals surface area contributed by atoms with Crippen LogP contribution in [0, 0.1) is 0 Å². The Morgan fingerprint density at radius 2 is 0.571 bits per heavy atom. The maximum atomic E-state index is 5.88. The quantitative estimate of drug-likeness (QED) is 0.0881. The molecule has 1 nitrogen and oxygen atoms in total. The van der Waals surface area contributed by atoms with Crippen molar-refractivity contribution in [2.24, 2.45) is 5.73 Å². The molecule has 2 N–H and O–H groups in total. The highest BCUT2D eigenvalue weighted by Crippen LogP contribution is 2.16. The second-order valence-corrected chi connectivity index (χ2v) is 13.9. The SMILES string of the molecule is NCCCCCCCCCCCCCCCCCCCCCCCC[SiH](Cl)Cl. The molecule has 0 aliphatic heterocycles. The molecular formula is C24H51Cl2NSi. The zero-order chi connectivity index (χ0) is 20.5. The molecule has 0 unspecified atom stereocenters. The summed E-state index contributed by atoms with van der Waals surface area (Å²) in [4.78, 5) is 0. The van der Waals surface area contributed by atoms with Crippen LogP contribution in [0.5, 0.6) is 0 Å². The molecule has 0 aromatic rings. The van der Waals surface area contributed by atoms with Crippen molar-refractivity contribution in [1.29, 1.82) is 0 Å². The summed E-state index contributed by atoms with van der Waals surface area (Å²) in [6, 6.07) is 1.10. The van der Waals surface area contributed by atoms with Gasteiger partial charge < -0.3 is 5.73 Å². The first-order valence-corrected chi connectivity index (χ1v) is 17.1. The molecule has 0 saturated heterocycles. The van der Waals surface area contributed by atoms with Crippen molar-refractivity contribution in [3.05, 3.63) is 0 Å². The second kappa shape index (κ2) is 25.8. The molecule has 0 aliphatic rings. The monoisotopic (exact) mass is 451 g/mol. The Morgan fingerprint density at radius 3 is 0.786 bits per heavy atom. The van der Waals surface area contributed by atoms with Crippen molar-refractivity contribution in [3.8, 4) is 0 Å². The van der Waals surface area contributed by atoms with Crippen LogP contribution in [0.15, 0.2) is 0 Å². The minimum atomic E-state index is -1.33. The van der Waals surface area contributed by atoms with Crippen LogP contribution in [0.25, 0.3) is 0 Å². The van der Waals surface area contributed by atoms with E-state index in [1.165, 1.54) is 141 Å². The predicted molar refractivity (Wildman–Crippen MR) is 134 cm³/mol. The first-order chi connectivity index (χ1) is 13.8. The number of nitrogens with two attached hydrogens (primary N) is 1. The molecule has 0 heterocycles. The first-order valence-electron chi connectivity index (χ1n) is 12.8. The van der Waals surface area contributed by atoms with Crippen molar-refractivity contribution >= 4 is 29.6 Å².